The molecule has 3 N–H and O–H groups in total. The Balaban J connectivity index is 0.000000588. The van der Waals surface area contributed by atoms with Gasteiger partial charge in [0.1, 0.15) is 0 Å². The molecule has 0 bridgehead atoms. The van der Waals surface area contributed by atoms with E-state index < -0.39 is 5.82 Å². The van der Waals surface area contributed by atoms with Gasteiger partial charge in [0.05, 0.1) is 29.7 Å². The second kappa shape index (κ2) is 11.5. The lowest BCUT2D eigenvalue weighted by Gasteiger charge is -2.17. The van der Waals surface area contributed by atoms with E-state index in [1.165, 1.54) is 18.7 Å². The number of ether oxygens (including phenoxy) is 1. The van der Waals surface area contributed by atoms with Crippen LogP contribution >= 0.6 is 0 Å². The summed E-state index contributed by atoms with van der Waals surface area (Å²) < 4.78 is 19.5. The van der Waals surface area contributed by atoms with Crippen LogP contribution in [0, 0.1) is 5.82 Å². The number of nitrogens with zero attached hydrogens (tertiary/aromatic N) is 1. The minimum atomic E-state index is -0.469. The first-order chi connectivity index (χ1) is 16.4. The minimum Gasteiger partial charge on any atom is -0.492 e. The van der Waals surface area contributed by atoms with Crippen LogP contribution in [-0.2, 0) is 12.8 Å². The number of hydrogen-bond acceptors (Lipinski definition) is 4. The summed E-state index contributed by atoms with van der Waals surface area (Å²) in [6.45, 7) is 8.89. The number of aryl methyl sites for hydroxylation is 1. The van der Waals surface area contributed by atoms with Crippen molar-refractivity contribution >= 4 is 17.3 Å². The Labute approximate surface area is 200 Å². The number of H-pyrrole nitrogens is 1. The molecule has 0 atom stereocenters. The van der Waals surface area contributed by atoms with Gasteiger partial charge in [-0.3, -0.25) is 9.78 Å². The number of allylic oxidation sites excluding steroid dienone is 2. The number of pyridine rings is 1. The monoisotopic (exact) mass is 464 g/mol. The van der Waals surface area contributed by atoms with Crippen LogP contribution < -0.4 is 15.4 Å². The Hall–Kier alpha value is -3.61. The molecule has 3 heterocycles. The van der Waals surface area contributed by atoms with Crippen LogP contribution in [0.2, 0.25) is 0 Å². The highest BCUT2D eigenvalue weighted by Gasteiger charge is 2.28. The standard InChI is InChI=1S/C22H23FN4O2.C5H10/c1-3-5-13-12-24-10-8-14(13)19-20(18-16(26-19)9-11-25-22(18)28)27-17-7-4-6-15(23)21(17)29-2;1-4-5(2)3/h4,6-8,10,12,26-27H,3,5,9,11H2,1-2H3,(H,25,28);4H,1-3H3. The van der Waals surface area contributed by atoms with E-state index in [0.717, 1.165) is 35.4 Å². The lowest BCUT2D eigenvalue weighted by molar-refractivity contribution is 0.0947. The number of carbonyl (C=O) groups is 1. The van der Waals surface area contributed by atoms with Crippen LogP contribution in [0.15, 0.2) is 48.3 Å². The molecule has 4 rings (SSSR count). The van der Waals surface area contributed by atoms with Crippen molar-refractivity contribution in [2.75, 3.05) is 19.0 Å². The van der Waals surface area contributed by atoms with Gasteiger partial charge in [-0.05, 0) is 51.0 Å². The Morgan fingerprint density at radius 2 is 2.06 bits per heavy atom. The molecule has 0 unspecified atom stereocenters. The first kappa shape index (κ1) is 25.0. The maximum atomic E-state index is 14.2. The van der Waals surface area contributed by atoms with Gasteiger partial charge in [-0.15, -0.1) is 0 Å². The van der Waals surface area contributed by atoms with Crippen molar-refractivity contribution in [2.24, 2.45) is 0 Å². The fourth-order valence-electron chi connectivity index (χ4n) is 3.80. The third kappa shape index (κ3) is 5.47. The molecule has 0 aliphatic carbocycles. The van der Waals surface area contributed by atoms with E-state index in [1.807, 2.05) is 19.2 Å². The van der Waals surface area contributed by atoms with Crippen molar-refractivity contribution in [3.8, 4) is 17.0 Å². The van der Waals surface area contributed by atoms with Gasteiger partial charge in [-0.2, -0.15) is 0 Å². The van der Waals surface area contributed by atoms with E-state index in [4.69, 9.17) is 4.74 Å². The van der Waals surface area contributed by atoms with E-state index in [9.17, 15) is 9.18 Å². The number of rotatable bonds is 6. The molecule has 1 aliphatic heterocycles. The van der Waals surface area contributed by atoms with Gasteiger partial charge in [0.2, 0.25) is 0 Å². The smallest absolute Gasteiger partial charge is 0.255 e. The Kier molecular flexibility index (Phi) is 8.46. The SMILES string of the molecule is CC=C(C)C.CCCc1cnccc1-c1[nH]c2c(c1Nc1cccc(F)c1OC)C(=O)NCC2. The van der Waals surface area contributed by atoms with E-state index in [-0.39, 0.29) is 11.7 Å². The summed E-state index contributed by atoms with van der Waals surface area (Å²) >= 11 is 0. The predicted octanol–water partition coefficient (Wildman–Crippen LogP) is 6.18. The third-order valence-corrected chi connectivity index (χ3v) is 5.67. The van der Waals surface area contributed by atoms with Crippen LogP contribution in [0.3, 0.4) is 0 Å². The molecule has 0 saturated heterocycles. The number of anilines is 2. The van der Waals surface area contributed by atoms with Crippen molar-refractivity contribution in [2.45, 2.75) is 47.0 Å². The fourth-order valence-corrected chi connectivity index (χ4v) is 3.80. The molecular weight excluding hydrogens is 431 g/mol. The normalized spacial score (nSPS) is 12.1. The maximum absolute atomic E-state index is 14.2. The molecule has 0 spiro atoms. The molecule has 2 aromatic heterocycles. The molecule has 0 radical (unpaired) electrons. The molecule has 0 saturated carbocycles. The number of carbonyl (C=O) groups excluding carboxylic acids is 1. The number of methoxy groups -OCH3 is 1. The van der Waals surface area contributed by atoms with Gasteiger partial charge in [0, 0.05) is 36.6 Å². The van der Waals surface area contributed by atoms with Gasteiger partial charge < -0.3 is 20.4 Å². The number of nitrogens with one attached hydrogen (secondary N) is 3. The van der Waals surface area contributed by atoms with Crippen LogP contribution in [0.1, 0.15) is 55.7 Å². The number of fused-ring (bicyclic) bond motifs is 1. The van der Waals surface area contributed by atoms with Crippen molar-refractivity contribution < 1.29 is 13.9 Å². The van der Waals surface area contributed by atoms with Crippen molar-refractivity contribution in [1.82, 2.24) is 15.3 Å². The van der Waals surface area contributed by atoms with Crippen LogP contribution in [0.5, 0.6) is 5.75 Å². The molecule has 34 heavy (non-hydrogen) atoms. The lowest BCUT2D eigenvalue weighted by Crippen LogP contribution is -2.31. The highest BCUT2D eigenvalue weighted by molar-refractivity contribution is 6.06. The van der Waals surface area contributed by atoms with E-state index >= 15 is 0 Å². The van der Waals surface area contributed by atoms with Gasteiger partial charge in [-0.25, -0.2) is 4.39 Å². The van der Waals surface area contributed by atoms with Gasteiger partial charge in [0.15, 0.2) is 11.6 Å². The molecule has 7 heteroatoms. The van der Waals surface area contributed by atoms with Gasteiger partial charge in [0.25, 0.3) is 5.91 Å². The first-order valence-electron chi connectivity index (χ1n) is 11.6. The lowest BCUT2D eigenvalue weighted by atomic mass is 10.0. The van der Waals surface area contributed by atoms with Gasteiger partial charge >= 0.3 is 0 Å². The molecule has 1 amide bonds. The van der Waals surface area contributed by atoms with Crippen LogP contribution in [0.4, 0.5) is 15.8 Å². The van der Waals surface area contributed by atoms with E-state index in [1.54, 1.807) is 18.3 Å². The summed E-state index contributed by atoms with van der Waals surface area (Å²) in [5.41, 5.74) is 6.72. The second-order valence-corrected chi connectivity index (χ2v) is 8.33. The molecule has 3 aromatic rings. The first-order valence-corrected chi connectivity index (χ1v) is 11.6. The Morgan fingerprint density at radius 3 is 2.74 bits per heavy atom. The quantitative estimate of drug-likeness (QED) is 0.381. The number of benzene rings is 1. The van der Waals surface area contributed by atoms with E-state index in [2.05, 4.69) is 47.4 Å². The predicted molar refractivity (Wildman–Crippen MR) is 135 cm³/mol. The average molecular weight is 465 g/mol. The van der Waals surface area contributed by atoms with Crippen molar-refractivity contribution in [1.29, 1.82) is 0 Å². The topological polar surface area (TPSA) is 79.0 Å². The number of amides is 1. The summed E-state index contributed by atoms with van der Waals surface area (Å²) in [7, 11) is 1.42. The Bertz CT molecular complexity index is 1180. The summed E-state index contributed by atoms with van der Waals surface area (Å²) in [5, 5.41) is 6.15. The molecule has 0 fully saturated rings. The van der Waals surface area contributed by atoms with Crippen LogP contribution in [-0.4, -0.2) is 29.5 Å². The molecular formula is C27H33FN4O2. The molecule has 1 aromatic carbocycles. The highest BCUT2D eigenvalue weighted by Crippen LogP contribution is 2.40. The highest BCUT2D eigenvalue weighted by atomic mass is 19.1. The summed E-state index contributed by atoms with van der Waals surface area (Å²) in [6.07, 6.45) is 8.21. The maximum Gasteiger partial charge on any atom is 0.255 e. The fraction of sp³-hybridized carbons (Fsp3) is 0.333. The number of para-hydroxylation sites is 1. The summed E-state index contributed by atoms with van der Waals surface area (Å²) in [6, 6.07) is 6.61. The number of halogens is 1. The summed E-state index contributed by atoms with van der Waals surface area (Å²) in [4.78, 5) is 20.4. The van der Waals surface area contributed by atoms with Crippen molar-refractivity contribution in [3.63, 3.8) is 0 Å². The molecule has 6 nitrogen and oxygen atoms in total. The molecule has 180 valence electrons. The van der Waals surface area contributed by atoms with Crippen LogP contribution in [0.25, 0.3) is 11.3 Å². The third-order valence-electron chi connectivity index (χ3n) is 5.67. The minimum absolute atomic E-state index is 0.105. The zero-order chi connectivity index (χ0) is 24.7. The summed E-state index contributed by atoms with van der Waals surface area (Å²) in [5.74, 6) is -0.519. The van der Waals surface area contributed by atoms with Crippen molar-refractivity contribution in [3.05, 3.63) is 70.9 Å². The Morgan fingerprint density at radius 1 is 1.29 bits per heavy atom. The number of aromatic nitrogens is 2. The average Bonchev–Trinajstić information content (AvgIpc) is 3.19. The van der Waals surface area contributed by atoms with Gasteiger partial charge in [-0.1, -0.05) is 31.1 Å². The van der Waals surface area contributed by atoms with E-state index in [0.29, 0.717) is 29.9 Å². The zero-order valence-corrected chi connectivity index (χ0v) is 20.5. The molecule has 1 aliphatic rings. The number of aromatic amines is 1. The number of hydrogen-bond donors (Lipinski definition) is 3. The zero-order valence-electron chi connectivity index (χ0n) is 20.5. The largest absolute Gasteiger partial charge is 0.492 e. The second-order valence-electron chi connectivity index (χ2n) is 8.33.